The third kappa shape index (κ3) is 6.29. The van der Waals surface area contributed by atoms with E-state index in [0.29, 0.717) is 5.56 Å². The predicted octanol–water partition coefficient (Wildman–Crippen LogP) is -0.135. The summed E-state index contributed by atoms with van der Waals surface area (Å²) in [7, 11) is 1.59. The Kier molecular flexibility index (Phi) is 7.32. The second kappa shape index (κ2) is 8.26. The van der Waals surface area contributed by atoms with E-state index in [4.69, 9.17) is 21.3 Å². The first-order valence-electron chi connectivity index (χ1n) is 4.82. The zero-order chi connectivity index (χ0) is 13.3. The molecular weight excluding hydrogens is 224 g/mol. The average molecular weight is 240 g/mol. The summed E-state index contributed by atoms with van der Waals surface area (Å²) in [6.45, 7) is -0.00463. The summed E-state index contributed by atoms with van der Waals surface area (Å²) in [4.78, 5) is 19.9. The highest BCUT2D eigenvalue weighted by Crippen LogP contribution is 2.09. The molecule has 0 heterocycles. The molecule has 0 aliphatic rings. The lowest BCUT2D eigenvalue weighted by atomic mass is 10.2. The summed E-state index contributed by atoms with van der Waals surface area (Å²) < 4.78 is 4.90. The Balaban J connectivity index is 0.000000325. The minimum atomic E-state index is -1.05. The number of rotatable bonds is 4. The number of hydrogen-bond acceptors (Lipinski definition) is 5. The molecule has 94 valence electrons. The molecule has 0 unspecified atom stereocenters. The zero-order valence-corrected chi connectivity index (χ0v) is 9.50. The zero-order valence-electron chi connectivity index (χ0n) is 9.50. The van der Waals surface area contributed by atoms with Crippen LogP contribution in [0.4, 0.5) is 0 Å². The lowest BCUT2D eigenvalue weighted by molar-refractivity contribution is -0.138. The molecule has 0 aliphatic carbocycles. The molecule has 6 nitrogen and oxygen atoms in total. The normalized spacial score (nSPS) is 10.8. The van der Waals surface area contributed by atoms with E-state index in [9.17, 15) is 9.59 Å². The van der Waals surface area contributed by atoms with Crippen molar-refractivity contribution in [2.24, 2.45) is 11.5 Å². The number of ether oxygens (including phenoxy) is 1. The van der Waals surface area contributed by atoms with Gasteiger partial charge < -0.3 is 21.3 Å². The number of aliphatic carboxylic acids is 1. The summed E-state index contributed by atoms with van der Waals surface area (Å²) in [5.74, 6) is -0.284. The van der Waals surface area contributed by atoms with E-state index in [1.165, 1.54) is 0 Å². The minimum Gasteiger partial charge on any atom is -0.497 e. The van der Waals surface area contributed by atoms with E-state index in [1.807, 2.05) is 0 Å². The number of carbonyl (C=O) groups is 2. The van der Waals surface area contributed by atoms with Gasteiger partial charge in [0.05, 0.1) is 7.11 Å². The summed E-state index contributed by atoms with van der Waals surface area (Å²) in [6, 6.07) is 6.03. The molecule has 1 aromatic carbocycles. The first kappa shape index (κ1) is 15.1. The van der Waals surface area contributed by atoms with E-state index >= 15 is 0 Å². The van der Waals surface area contributed by atoms with Gasteiger partial charge in [-0.25, -0.2) is 0 Å². The van der Waals surface area contributed by atoms with Crippen LogP contribution >= 0.6 is 0 Å². The van der Waals surface area contributed by atoms with Crippen LogP contribution in [0.15, 0.2) is 24.3 Å². The van der Waals surface area contributed by atoms with Gasteiger partial charge in [-0.1, -0.05) is 0 Å². The lowest BCUT2D eigenvalue weighted by Gasteiger charge is -1.97. The van der Waals surface area contributed by atoms with Crippen LogP contribution in [0.1, 0.15) is 10.4 Å². The fraction of sp³-hybridized carbons (Fsp3) is 0.273. The molecule has 0 aliphatic heterocycles. The minimum absolute atomic E-state index is 0.00463. The molecule has 0 amide bonds. The number of carboxylic acid groups (broad SMARTS) is 1. The van der Waals surface area contributed by atoms with Crippen LogP contribution < -0.4 is 16.2 Å². The summed E-state index contributed by atoms with van der Waals surface area (Å²) in [5, 5.41) is 7.98. The molecule has 6 heteroatoms. The molecule has 0 saturated carbocycles. The van der Waals surface area contributed by atoms with Gasteiger partial charge in [-0.2, -0.15) is 0 Å². The van der Waals surface area contributed by atoms with Crippen LogP contribution in [-0.2, 0) is 4.79 Å². The topological polar surface area (TPSA) is 116 Å². The van der Waals surface area contributed by atoms with Crippen molar-refractivity contribution in [1.82, 2.24) is 0 Å². The predicted molar refractivity (Wildman–Crippen MR) is 63.0 cm³/mol. The Hall–Kier alpha value is -1.92. The van der Waals surface area contributed by atoms with E-state index < -0.39 is 12.0 Å². The number of aldehydes is 1. The van der Waals surface area contributed by atoms with Gasteiger partial charge in [0.15, 0.2) is 0 Å². The van der Waals surface area contributed by atoms with Crippen LogP contribution in [0.3, 0.4) is 0 Å². The third-order valence-electron chi connectivity index (χ3n) is 1.82. The molecular formula is C11H16N2O4. The molecule has 0 aromatic heterocycles. The lowest BCUT2D eigenvalue weighted by Crippen LogP contribution is -2.37. The van der Waals surface area contributed by atoms with Crippen molar-refractivity contribution in [2.75, 3.05) is 13.7 Å². The van der Waals surface area contributed by atoms with E-state index in [0.717, 1.165) is 12.0 Å². The smallest absolute Gasteiger partial charge is 0.321 e. The molecule has 0 bridgehead atoms. The van der Waals surface area contributed by atoms with Gasteiger partial charge >= 0.3 is 5.97 Å². The quantitative estimate of drug-likeness (QED) is 0.631. The number of carboxylic acids is 1. The summed E-state index contributed by atoms with van der Waals surface area (Å²) in [6.07, 6.45) is 0.805. The number of methoxy groups -OCH3 is 1. The van der Waals surface area contributed by atoms with Crippen LogP contribution in [0.2, 0.25) is 0 Å². The number of hydrogen-bond donors (Lipinski definition) is 3. The van der Waals surface area contributed by atoms with Crippen LogP contribution in [0.25, 0.3) is 0 Å². The van der Waals surface area contributed by atoms with Crippen LogP contribution in [0.5, 0.6) is 5.75 Å². The molecule has 0 radical (unpaired) electrons. The summed E-state index contributed by atoms with van der Waals surface area (Å²) in [5.41, 5.74) is 10.4. The Morgan fingerprint density at radius 1 is 1.47 bits per heavy atom. The highest BCUT2D eigenvalue weighted by molar-refractivity contribution is 5.74. The molecule has 0 saturated heterocycles. The Bertz CT molecular complexity index is 351. The van der Waals surface area contributed by atoms with Crippen LogP contribution in [-0.4, -0.2) is 37.1 Å². The highest BCUT2D eigenvalue weighted by Gasteiger charge is 2.05. The van der Waals surface area contributed by atoms with Gasteiger partial charge in [-0.05, 0) is 24.3 Å². The molecule has 17 heavy (non-hydrogen) atoms. The van der Waals surface area contributed by atoms with Crippen LogP contribution in [0, 0.1) is 0 Å². The molecule has 0 fully saturated rings. The maximum atomic E-state index is 10.2. The standard InChI is InChI=1S/C8H8O2.C3H8N2O2/c1-10-8-4-2-7(6-9)3-5-8;4-1-2(5)3(6)7/h2-6H,1H3;2H,1,4-5H2,(H,6,7)/t;2-/m.0/s1. The fourth-order valence-corrected chi connectivity index (χ4v) is 0.783. The fourth-order valence-electron chi connectivity index (χ4n) is 0.783. The van der Waals surface area contributed by atoms with Crippen molar-refractivity contribution in [1.29, 1.82) is 0 Å². The van der Waals surface area contributed by atoms with Gasteiger partial charge in [0.25, 0.3) is 0 Å². The molecule has 1 rings (SSSR count). The first-order valence-corrected chi connectivity index (χ1v) is 4.82. The molecule has 1 atom stereocenters. The van der Waals surface area contributed by atoms with Gasteiger partial charge in [0.2, 0.25) is 0 Å². The number of carbonyl (C=O) groups excluding carboxylic acids is 1. The summed E-state index contributed by atoms with van der Waals surface area (Å²) >= 11 is 0. The maximum absolute atomic E-state index is 10.2. The van der Waals surface area contributed by atoms with Gasteiger partial charge in [-0.3, -0.25) is 9.59 Å². The monoisotopic (exact) mass is 240 g/mol. The number of nitrogens with two attached hydrogens (primary N) is 2. The maximum Gasteiger partial charge on any atom is 0.321 e. The van der Waals surface area contributed by atoms with Gasteiger partial charge in [0.1, 0.15) is 18.1 Å². The van der Waals surface area contributed by atoms with Crippen molar-refractivity contribution in [3.8, 4) is 5.75 Å². The highest BCUT2D eigenvalue weighted by atomic mass is 16.5. The van der Waals surface area contributed by atoms with Crippen molar-refractivity contribution in [2.45, 2.75) is 6.04 Å². The van der Waals surface area contributed by atoms with E-state index in [1.54, 1.807) is 31.4 Å². The second-order valence-corrected chi connectivity index (χ2v) is 3.07. The molecule has 0 spiro atoms. The van der Waals surface area contributed by atoms with Crippen molar-refractivity contribution in [3.63, 3.8) is 0 Å². The Labute approximate surface area is 99.2 Å². The first-order chi connectivity index (χ1) is 8.04. The molecule has 5 N–H and O–H groups in total. The van der Waals surface area contributed by atoms with Gasteiger partial charge in [0, 0.05) is 12.1 Å². The molecule has 1 aromatic rings. The average Bonchev–Trinajstić information content (AvgIpc) is 2.38. The largest absolute Gasteiger partial charge is 0.497 e. The van der Waals surface area contributed by atoms with Crippen molar-refractivity contribution < 1.29 is 19.4 Å². The SMILES string of the molecule is COc1ccc(C=O)cc1.NC[C@H](N)C(=O)O. The Morgan fingerprint density at radius 3 is 2.24 bits per heavy atom. The van der Waals surface area contributed by atoms with Crippen molar-refractivity contribution >= 4 is 12.3 Å². The van der Waals surface area contributed by atoms with E-state index in [-0.39, 0.29) is 6.54 Å². The van der Waals surface area contributed by atoms with Gasteiger partial charge in [-0.15, -0.1) is 0 Å². The Morgan fingerprint density at radius 2 is 2.00 bits per heavy atom. The third-order valence-corrected chi connectivity index (χ3v) is 1.82. The van der Waals surface area contributed by atoms with Crippen molar-refractivity contribution in [3.05, 3.63) is 29.8 Å². The van der Waals surface area contributed by atoms with E-state index in [2.05, 4.69) is 0 Å². The number of benzene rings is 1. The second-order valence-electron chi connectivity index (χ2n) is 3.07.